The molecule has 1 aliphatic heterocycles. The first-order valence-electron chi connectivity index (χ1n) is 8.46. The number of imidazole rings is 1. The maximum atomic E-state index is 4.49. The highest BCUT2D eigenvalue weighted by Gasteiger charge is 2.40. The van der Waals surface area contributed by atoms with Gasteiger partial charge in [-0.25, -0.2) is 4.98 Å². The first-order valence-corrected chi connectivity index (χ1v) is 8.46. The first-order chi connectivity index (χ1) is 9.74. The number of nitrogens with one attached hydrogen (secondary N) is 1. The van der Waals surface area contributed by atoms with Crippen LogP contribution in [-0.2, 0) is 12.0 Å². The molecule has 3 fully saturated rings. The lowest BCUT2D eigenvalue weighted by atomic mass is 9.78. The molecule has 4 rings (SSSR count). The molecule has 1 saturated heterocycles. The molecule has 3 heteroatoms. The summed E-state index contributed by atoms with van der Waals surface area (Å²) in [5.41, 5.74) is 1.82. The molecule has 1 aromatic heterocycles. The van der Waals surface area contributed by atoms with Crippen LogP contribution in [0.2, 0.25) is 0 Å². The summed E-state index contributed by atoms with van der Waals surface area (Å²) in [5, 5.41) is 3.49. The fourth-order valence-corrected chi connectivity index (χ4v) is 5.06. The molecule has 3 atom stereocenters. The molecule has 1 N–H and O–H groups in total. The number of nitrogens with zero attached hydrogens (tertiary/aromatic N) is 2. The van der Waals surface area contributed by atoms with Crippen LogP contribution in [0.5, 0.6) is 0 Å². The number of hydrogen-bond acceptors (Lipinski definition) is 2. The van der Waals surface area contributed by atoms with Crippen molar-refractivity contribution in [1.29, 1.82) is 0 Å². The van der Waals surface area contributed by atoms with Crippen molar-refractivity contribution in [2.45, 2.75) is 57.4 Å². The fraction of sp³-hybridized carbons (Fsp3) is 0.824. The Kier molecular flexibility index (Phi) is 3.13. The summed E-state index contributed by atoms with van der Waals surface area (Å²) in [6, 6.07) is 0. The second-order valence-electron chi connectivity index (χ2n) is 7.68. The molecule has 0 aromatic carbocycles. The van der Waals surface area contributed by atoms with Gasteiger partial charge in [0.2, 0.25) is 0 Å². The monoisotopic (exact) mass is 273 g/mol. The van der Waals surface area contributed by atoms with E-state index in [1.54, 1.807) is 0 Å². The molecule has 110 valence electrons. The Balaban J connectivity index is 1.53. The molecular formula is C17H27N3. The minimum atomic E-state index is 0.333. The Morgan fingerprint density at radius 2 is 2.15 bits per heavy atom. The average Bonchev–Trinajstić information content (AvgIpc) is 3.15. The summed E-state index contributed by atoms with van der Waals surface area (Å²) >= 11 is 0. The molecule has 0 radical (unpaired) electrons. The normalized spacial score (nSPS) is 35.5. The van der Waals surface area contributed by atoms with Gasteiger partial charge in [-0.15, -0.1) is 0 Å². The van der Waals surface area contributed by atoms with Gasteiger partial charge in [-0.1, -0.05) is 13.3 Å². The zero-order chi connectivity index (χ0) is 13.6. The van der Waals surface area contributed by atoms with E-state index in [-0.39, 0.29) is 0 Å². The molecule has 3 unspecified atom stereocenters. The zero-order valence-corrected chi connectivity index (χ0v) is 12.6. The van der Waals surface area contributed by atoms with Gasteiger partial charge in [0.15, 0.2) is 0 Å². The Labute approximate surface area is 122 Å². The number of piperidine rings is 1. The highest BCUT2D eigenvalue weighted by molar-refractivity contribution is 5.15. The summed E-state index contributed by atoms with van der Waals surface area (Å²) < 4.78 is 2.50. The van der Waals surface area contributed by atoms with Crippen molar-refractivity contribution in [3.8, 4) is 0 Å². The largest absolute Gasteiger partial charge is 0.334 e. The standard InChI is InChI=1S/C17H27N3/c1-17(4-6-18-7-5-17)16-10-19-12-20(16)11-15-9-13-2-3-14(15)8-13/h10,12-15,18H,2-9,11H2,1H3. The Bertz CT molecular complexity index is 472. The van der Waals surface area contributed by atoms with Crippen molar-refractivity contribution in [3.63, 3.8) is 0 Å². The lowest BCUT2D eigenvalue weighted by Crippen LogP contribution is -2.39. The Morgan fingerprint density at radius 1 is 1.30 bits per heavy atom. The van der Waals surface area contributed by atoms with Crippen LogP contribution in [-0.4, -0.2) is 22.6 Å². The zero-order valence-electron chi connectivity index (χ0n) is 12.6. The van der Waals surface area contributed by atoms with Gasteiger partial charge in [0.05, 0.1) is 6.33 Å². The summed E-state index contributed by atoms with van der Waals surface area (Å²) in [6.07, 6.45) is 12.7. The van der Waals surface area contributed by atoms with E-state index in [2.05, 4.69) is 34.3 Å². The van der Waals surface area contributed by atoms with Crippen molar-refractivity contribution in [1.82, 2.24) is 14.9 Å². The minimum absolute atomic E-state index is 0.333. The van der Waals surface area contributed by atoms with Crippen LogP contribution >= 0.6 is 0 Å². The number of aromatic nitrogens is 2. The molecule has 3 nitrogen and oxygen atoms in total. The second-order valence-corrected chi connectivity index (χ2v) is 7.68. The van der Waals surface area contributed by atoms with Crippen molar-refractivity contribution >= 4 is 0 Å². The van der Waals surface area contributed by atoms with E-state index in [1.165, 1.54) is 50.8 Å². The van der Waals surface area contributed by atoms with Crippen molar-refractivity contribution in [2.75, 3.05) is 13.1 Å². The molecule has 3 aliphatic rings. The van der Waals surface area contributed by atoms with E-state index in [4.69, 9.17) is 0 Å². The van der Waals surface area contributed by atoms with Crippen LogP contribution in [0.15, 0.2) is 12.5 Å². The Hall–Kier alpha value is -0.830. The van der Waals surface area contributed by atoms with E-state index in [1.807, 2.05) is 0 Å². The fourth-order valence-electron chi connectivity index (χ4n) is 5.06. The van der Waals surface area contributed by atoms with Gasteiger partial charge in [0.25, 0.3) is 0 Å². The molecule has 0 spiro atoms. The van der Waals surface area contributed by atoms with Crippen molar-refractivity contribution < 1.29 is 0 Å². The van der Waals surface area contributed by atoms with Gasteiger partial charge in [-0.3, -0.25) is 0 Å². The van der Waals surface area contributed by atoms with Crippen LogP contribution < -0.4 is 5.32 Å². The van der Waals surface area contributed by atoms with E-state index >= 15 is 0 Å². The maximum absolute atomic E-state index is 4.49. The van der Waals surface area contributed by atoms with Crippen molar-refractivity contribution in [3.05, 3.63) is 18.2 Å². The van der Waals surface area contributed by atoms with Gasteiger partial charge in [0, 0.05) is 23.9 Å². The summed E-state index contributed by atoms with van der Waals surface area (Å²) in [6.45, 7) is 5.95. The molecule has 0 amide bonds. The third-order valence-corrected chi connectivity index (χ3v) is 6.35. The highest BCUT2D eigenvalue weighted by atomic mass is 15.1. The summed E-state index contributed by atoms with van der Waals surface area (Å²) in [4.78, 5) is 4.49. The second kappa shape index (κ2) is 4.87. The predicted molar refractivity (Wildman–Crippen MR) is 80.6 cm³/mol. The molecule has 2 heterocycles. The third-order valence-electron chi connectivity index (χ3n) is 6.35. The highest BCUT2D eigenvalue weighted by Crippen LogP contribution is 2.49. The smallest absolute Gasteiger partial charge is 0.0948 e. The van der Waals surface area contributed by atoms with E-state index in [9.17, 15) is 0 Å². The molecular weight excluding hydrogens is 246 g/mol. The van der Waals surface area contributed by atoms with E-state index < -0.39 is 0 Å². The molecule has 2 bridgehead atoms. The number of rotatable bonds is 3. The van der Waals surface area contributed by atoms with Crippen LogP contribution in [0.25, 0.3) is 0 Å². The lowest BCUT2D eigenvalue weighted by molar-refractivity contribution is 0.271. The summed E-state index contributed by atoms with van der Waals surface area (Å²) in [7, 11) is 0. The maximum Gasteiger partial charge on any atom is 0.0948 e. The average molecular weight is 273 g/mol. The van der Waals surface area contributed by atoms with Gasteiger partial charge in [-0.05, 0) is 62.9 Å². The van der Waals surface area contributed by atoms with Gasteiger partial charge in [-0.2, -0.15) is 0 Å². The van der Waals surface area contributed by atoms with Gasteiger partial charge >= 0.3 is 0 Å². The number of fused-ring (bicyclic) bond motifs is 2. The van der Waals surface area contributed by atoms with Crippen LogP contribution in [0.1, 0.15) is 51.1 Å². The van der Waals surface area contributed by atoms with Crippen LogP contribution in [0, 0.1) is 17.8 Å². The molecule has 2 saturated carbocycles. The van der Waals surface area contributed by atoms with Crippen LogP contribution in [0.3, 0.4) is 0 Å². The van der Waals surface area contributed by atoms with E-state index in [0.29, 0.717) is 5.41 Å². The molecule has 2 aliphatic carbocycles. The summed E-state index contributed by atoms with van der Waals surface area (Å²) in [5.74, 6) is 2.98. The lowest BCUT2D eigenvalue weighted by Gasteiger charge is -2.35. The van der Waals surface area contributed by atoms with Gasteiger partial charge in [0.1, 0.15) is 0 Å². The topological polar surface area (TPSA) is 29.9 Å². The first kappa shape index (κ1) is 12.9. The van der Waals surface area contributed by atoms with Crippen molar-refractivity contribution in [2.24, 2.45) is 17.8 Å². The van der Waals surface area contributed by atoms with Gasteiger partial charge < -0.3 is 9.88 Å². The SMILES string of the molecule is CC1(c2cncn2CC2CC3CCC2C3)CCNCC1. The van der Waals surface area contributed by atoms with Crippen LogP contribution in [0.4, 0.5) is 0 Å². The number of hydrogen-bond donors (Lipinski definition) is 1. The quantitative estimate of drug-likeness (QED) is 0.917. The van der Waals surface area contributed by atoms with E-state index in [0.717, 1.165) is 30.8 Å². The Morgan fingerprint density at radius 3 is 2.85 bits per heavy atom. The minimum Gasteiger partial charge on any atom is -0.334 e. The molecule has 20 heavy (non-hydrogen) atoms. The third kappa shape index (κ3) is 2.11. The molecule has 1 aromatic rings. The predicted octanol–water partition coefficient (Wildman–Crippen LogP) is 2.96.